The first-order valence-corrected chi connectivity index (χ1v) is 21.2. The molecule has 4 nitrogen and oxygen atoms in total. The van der Waals surface area contributed by atoms with E-state index in [1.165, 1.54) is 81.9 Å². The summed E-state index contributed by atoms with van der Waals surface area (Å²) in [5.41, 5.74) is 0. The second-order valence-electron chi connectivity index (χ2n) is 13.8. The minimum Gasteiger partial charge on any atom is -0.492 e. The summed E-state index contributed by atoms with van der Waals surface area (Å²) in [6.45, 7) is 21.2. The smallest absolute Gasteiger partial charge is 0.245 e. The monoisotopic (exact) mass is 680 g/mol. The SMILES string of the molecule is CCCCC(CC)COC1=CSC(c2cc(OCC(CC)CCCC)cs2)C1(OCC(CC)CCCC)OCC(CC)CCCC. The summed E-state index contributed by atoms with van der Waals surface area (Å²) >= 11 is 3.59. The molecule has 0 radical (unpaired) electrons. The lowest BCUT2D eigenvalue weighted by atomic mass is 9.99. The Balaban J connectivity index is 2.42. The second kappa shape index (κ2) is 24.4. The van der Waals surface area contributed by atoms with Crippen LogP contribution in [0, 0.1) is 23.7 Å². The quantitative estimate of drug-likeness (QED) is 0.0787. The van der Waals surface area contributed by atoms with Crippen LogP contribution in [0.25, 0.3) is 0 Å². The summed E-state index contributed by atoms with van der Waals surface area (Å²) < 4.78 is 27.6. The lowest BCUT2D eigenvalue weighted by molar-refractivity contribution is -0.243. The third-order valence-corrected chi connectivity index (χ3v) is 12.4. The second-order valence-corrected chi connectivity index (χ2v) is 15.7. The van der Waals surface area contributed by atoms with Crippen LogP contribution in [-0.2, 0) is 14.2 Å². The number of unbranched alkanes of at least 4 members (excludes halogenated alkanes) is 4. The van der Waals surface area contributed by atoms with E-state index in [9.17, 15) is 0 Å². The van der Waals surface area contributed by atoms with E-state index >= 15 is 0 Å². The molecule has 1 aromatic rings. The van der Waals surface area contributed by atoms with Gasteiger partial charge in [-0.1, -0.05) is 132 Å². The standard InChI is InChI=1S/C40H72O4S2/c1-9-17-21-32(13-5)26-41-36-25-37(45-30-36)39-40(43-28-34(15-7)23-19-11-3,44-29-35(16-8)24-20-12-4)38(31-46-39)42-27-33(14-6)22-18-10-2/h25,30-35,39H,9-24,26-29H2,1-8H3. The highest BCUT2D eigenvalue weighted by Crippen LogP contribution is 2.55. The maximum atomic E-state index is 7.17. The van der Waals surface area contributed by atoms with Crippen LogP contribution >= 0.6 is 23.1 Å². The van der Waals surface area contributed by atoms with Crippen molar-refractivity contribution >= 4 is 23.1 Å². The molecule has 1 aliphatic heterocycles. The van der Waals surface area contributed by atoms with Gasteiger partial charge in [-0.05, 0) is 55.4 Å². The Hall–Kier alpha value is -0.690. The minimum absolute atomic E-state index is 0.0185. The van der Waals surface area contributed by atoms with Crippen LogP contribution < -0.4 is 4.74 Å². The van der Waals surface area contributed by atoms with Crippen LogP contribution in [0.2, 0.25) is 0 Å². The predicted molar refractivity (Wildman–Crippen MR) is 202 cm³/mol. The first kappa shape index (κ1) is 41.5. The van der Waals surface area contributed by atoms with Crippen molar-refractivity contribution in [3.63, 3.8) is 0 Å². The van der Waals surface area contributed by atoms with Crippen LogP contribution in [0.5, 0.6) is 5.75 Å². The molecule has 46 heavy (non-hydrogen) atoms. The predicted octanol–water partition coefficient (Wildman–Crippen LogP) is 13.4. The molecule has 0 N–H and O–H groups in total. The molecule has 6 heteroatoms. The summed E-state index contributed by atoms with van der Waals surface area (Å²) in [7, 11) is 0. The van der Waals surface area contributed by atoms with Crippen molar-refractivity contribution in [2.75, 3.05) is 26.4 Å². The molecule has 0 aliphatic carbocycles. The van der Waals surface area contributed by atoms with Gasteiger partial charge in [0.1, 0.15) is 11.0 Å². The van der Waals surface area contributed by atoms with E-state index in [0.717, 1.165) is 50.4 Å². The molecule has 5 atom stereocenters. The lowest BCUT2D eigenvalue weighted by Gasteiger charge is -2.38. The van der Waals surface area contributed by atoms with Crippen molar-refractivity contribution < 1.29 is 18.9 Å². The first-order chi connectivity index (χ1) is 22.4. The normalized spacial score (nSPS) is 20.8. The zero-order valence-electron chi connectivity index (χ0n) is 31.2. The topological polar surface area (TPSA) is 36.9 Å². The summed E-state index contributed by atoms with van der Waals surface area (Å²) in [4.78, 5) is 1.25. The van der Waals surface area contributed by atoms with Crippen molar-refractivity contribution in [1.29, 1.82) is 0 Å². The van der Waals surface area contributed by atoms with Crippen molar-refractivity contribution in [2.24, 2.45) is 23.7 Å². The maximum absolute atomic E-state index is 7.17. The molecule has 0 fully saturated rings. The van der Waals surface area contributed by atoms with Gasteiger partial charge in [-0.25, -0.2) is 0 Å². The van der Waals surface area contributed by atoms with Gasteiger partial charge in [-0.15, -0.1) is 23.1 Å². The largest absolute Gasteiger partial charge is 0.492 e. The molecule has 0 saturated carbocycles. The zero-order chi connectivity index (χ0) is 33.6. The van der Waals surface area contributed by atoms with Gasteiger partial charge in [0.25, 0.3) is 0 Å². The Morgan fingerprint density at radius 2 is 1.04 bits per heavy atom. The maximum Gasteiger partial charge on any atom is 0.245 e. The van der Waals surface area contributed by atoms with Gasteiger partial charge in [0.2, 0.25) is 5.79 Å². The summed E-state index contributed by atoms with van der Waals surface area (Å²) in [6.07, 6.45) is 19.2. The van der Waals surface area contributed by atoms with E-state index in [-0.39, 0.29) is 5.25 Å². The van der Waals surface area contributed by atoms with E-state index in [4.69, 9.17) is 18.9 Å². The van der Waals surface area contributed by atoms with E-state index in [1.807, 2.05) is 11.8 Å². The van der Waals surface area contributed by atoms with Crippen LogP contribution in [0.4, 0.5) is 0 Å². The number of thiophene rings is 1. The average Bonchev–Trinajstić information content (AvgIpc) is 3.69. The highest BCUT2D eigenvalue weighted by atomic mass is 32.2. The van der Waals surface area contributed by atoms with E-state index in [1.54, 1.807) is 11.3 Å². The minimum atomic E-state index is -0.928. The third-order valence-electron chi connectivity index (χ3n) is 10.1. The number of hydrogen-bond acceptors (Lipinski definition) is 6. The Morgan fingerprint density at radius 3 is 1.48 bits per heavy atom. The fraction of sp³-hybridized carbons (Fsp3) is 0.850. The fourth-order valence-corrected chi connectivity index (χ4v) is 8.51. The molecule has 0 saturated heterocycles. The summed E-state index contributed by atoms with van der Waals surface area (Å²) in [5, 5.41) is 4.39. The molecule has 2 heterocycles. The van der Waals surface area contributed by atoms with Crippen LogP contribution in [-0.4, -0.2) is 32.2 Å². The van der Waals surface area contributed by atoms with Gasteiger partial charge in [-0.2, -0.15) is 0 Å². The number of ether oxygens (including phenoxy) is 4. The molecular formula is C40H72O4S2. The van der Waals surface area contributed by atoms with Crippen molar-refractivity contribution in [1.82, 2.24) is 0 Å². The molecule has 0 spiro atoms. The average molecular weight is 681 g/mol. The van der Waals surface area contributed by atoms with Gasteiger partial charge in [0.05, 0.1) is 26.4 Å². The fourth-order valence-electron chi connectivity index (χ4n) is 6.20. The number of rotatable bonds is 29. The number of thioether (sulfide) groups is 1. The van der Waals surface area contributed by atoms with Gasteiger partial charge in [0, 0.05) is 15.7 Å². The molecule has 0 aromatic carbocycles. The summed E-state index contributed by atoms with van der Waals surface area (Å²) in [5.74, 6) is 3.12. The molecule has 5 unspecified atom stereocenters. The van der Waals surface area contributed by atoms with Crippen molar-refractivity contribution in [3.05, 3.63) is 27.5 Å². The van der Waals surface area contributed by atoms with Crippen LogP contribution in [0.15, 0.2) is 22.6 Å². The van der Waals surface area contributed by atoms with Gasteiger partial charge in [0.15, 0.2) is 5.76 Å². The van der Waals surface area contributed by atoms with Crippen molar-refractivity contribution in [3.8, 4) is 5.75 Å². The van der Waals surface area contributed by atoms with Gasteiger partial charge in [-0.3, -0.25) is 0 Å². The van der Waals surface area contributed by atoms with E-state index < -0.39 is 5.79 Å². The van der Waals surface area contributed by atoms with E-state index in [2.05, 4.69) is 72.2 Å². The molecule has 268 valence electrons. The van der Waals surface area contributed by atoms with Crippen LogP contribution in [0.1, 0.15) is 168 Å². The highest BCUT2D eigenvalue weighted by molar-refractivity contribution is 8.02. The zero-order valence-corrected chi connectivity index (χ0v) is 32.8. The van der Waals surface area contributed by atoms with Crippen LogP contribution in [0.3, 0.4) is 0 Å². The molecule has 1 aromatic heterocycles. The molecule has 2 rings (SSSR count). The van der Waals surface area contributed by atoms with E-state index in [0.29, 0.717) is 36.9 Å². The summed E-state index contributed by atoms with van der Waals surface area (Å²) in [6, 6.07) is 2.26. The Labute approximate surface area is 293 Å². The lowest BCUT2D eigenvalue weighted by Crippen LogP contribution is -2.44. The Bertz CT molecular complexity index is 895. The van der Waals surface area contributed by atoms with Crippen molar-refractivity contribution in [2.45, 2.75) is 169 Å². The third kappa shape index (κ3) is 13.7. The number of hydrogen-bond donors (Lipinski definition) is 0. The first-order valence-electron chi connectivity index (χ1n) is 19.4. The van der Waals surface area contributed by atoms with Gasteiger partial charge < -0.3 is 18.9 Å². The molecule has 0 bridgehead atoms. The molecular weight excluding hydrogens is 609 g/mol. The van der Waals surface area contributed by atoms with Gasteiger partial charge >= 0.3 is 0 Å². The Morgan fingerprint density at radius 1 is 0.609 bits per heavy atom. The molecule has 0 amide bonds. The molecule has 1 aliphatic rings. The Kier molecular flexibility index (Phi) is 22.0. The highest BCUT2D eigenvalue weighted by Gasteiger charge is 2.53.